The smallest absolute Gasteiger partial charge is 0.267 e. The predicted molar refractivity (Wildman–Crippen MR) is 82.8 cm³/mol. The fraction of sp³-hybridized carbons (Fsp3) is 0.0625. The normalized spacial score (nSPS) is 10.4. The summed E-state index contributed by atoms with van der Waals surface area (Å²) in [5.41, 5.74) is 2.82. The topological polar surface area (TPSA) is 34.0 Å². The van der Waals surface area contributed by atoms with Crippen LogP contribution in [0.25, 0.3) is 5.69 Å². The molecule has 0 aliphatic rings. The van der Waals surface area contributed by atoms with Crippen LogP contribution in [0.3, 0.4) is 0 Å². The van der Waals surface area contributed by atoms with Crippen LogP contribution in [0, 0.1) is 6.92 Å². The van der Waals surface area contributed by atoms with E-state index in [1.807, 2.05) is 71.7 Å². The molecule has 4 heteroatoms. The lowest BCUT2D eigenvalue weighted by atomic mass is 10.2. The van der Waals surface area contributed by atoms with Crippen LogP contribution < -0.4 is 5.32 Å². The van der Waals surface area contributed by atoms with Crippen molar-refractivity contribution < 1.29 is 4.79 Å². The van der Waals surface area contributed by atoms with Crippen molar-refractivity contribution in [1.29, 1.82) is 0 Å². The number of nitrogens with zero attached hydrogens (tertiary/aromatic N) is 1. The van der Waals surface area contributed by atoms with Crippen molar-refractivity contribution in [3.63, 3.8) is 0 Å². The van der Waals surface area contributed by atoms with E-state index in [0.717, 1.165) is 16.9 Å². The van der Waals surface area contributed by atoms with Crippen LogP contribution in [-0.4, -0.2) is 10.5 Å². The van der Waals surface area contributed by atoms with E-state index >= 15 is 0 Å². The molecule has 0 aliphatic carbocycles. The SMILES string of the molecule is Cc1ccccc1NC(=O)c1sccc1-n1cccc1. The first-order valence-corrected chi connectivity index (χ1v) is 7.21. The summed E-state index contributed by atoms with van der Waals surface area (Å²) in [6.45, 7) is 1.98. The van der Waals surface area contributed by atoms with Crippen LogP contribution in [0.1, 0.15) is 15.2 Å². The van der Waals surface area contributed by atoms with Crippen LogP contribution >= 0.6 is 11.3 Å². The van der Waals surface area contributed by atoms with E-state index in [2.05, 4.69) is 5.32 Å². The van der Waals surface area contributed by atoms with Crippen LogP contribution in [-0.2, 0) is 0 Å². The van der Waals surface area contributed by atoms with E-state index in [0.29, 0.717) is 4.88 Å². The molecule has 0 saturated heterocycles. The van der Waals surface area contributed by atoms with Crippen molar-refractivity contribution in [2.45, 2.75) is 6.92 Å². The summed E-state index contributed by atoms with van der Waals surface area (Å²) in [6.07, 6.45) is 3.87. The highest BCUT2D eigenvalue weighted by atomic mass is 32.1. The molecule has 0 saturated carbocycles. The number of nitrogens with one attached hydrogen (secondary N) is 1. The Hall–Kier alpha value is -2.33. The number of carbonyl (C=O) groups excluding carboxylic acids is 1. The summed E-state index contributed by atoms with van der Waals surface area (Å²) in [7, 11) is 0. The van der Waals surface area contributed by atoms with Crippen LogP contribution in [0.5, 0.6) is 0 Å². The van der Waals surface area contributed by atoms with Gasteiger partial charge < -0.3 is 9.88 Å². The number of hydrogen-bond acceptors (Lipinski definition) is 2. The molecule has 0 radical (unpaired) electrons. The number of carbonyl (C=O) groups is 1. The second-order valence-corrected chi connectivity index (χ2v) is 5.41. The zero-order chi connectivity index (χ0) is 13.9. The zero-order valence-electron chi connectivity index (χ0n) is 11.0. The first-order valence-electron chi connectivity index (χ1n) is 6.33. The molecule has 0 aliphatic heterocycles. The summed E-state index contributed by atoms with van der Waals surface area (Å²) < 4.78 is 1.95. The van der Waals surface area contributed by atoms with Crippen molar-refractivity contribution in [3.8, 4) is 5.69 Å². The van der Waals surface area contributed by atoms with Crippen molar-refractivity contribution in [3.05, 3.63) is 70.7 Å². The molecule has 2 aromatic heterocycles. The molecule has 100 valence electrons. The lowest BCUT2D eigenvalue weighted by Crippen LogP contribution is -2.13. The number of benzene rings is 1. The van der Waals surface area contributed by atoms with E-state index < -0.39 is 0 Å². The first-order chi connectivity index (χ1) is 9.75. The average molecular weight is 282 g/mol. The molecule has 3 nitrogen and oxygen atoms in total. The number of anilines is 1. The highest BCUT2D eigenvalue weighted by Crippen LogP contribution is 2.23. The molecule has 3 rings (SSSR count). The van der Waals surface area contributed by atoms with Crippen molar-refractivity contribution in [2.24, 2.45) is 0 Å². The summed E-state index contributed by atoms with van der Waals surface area (Å²) in [5, 5.41) is 4.91. The highest BCUT2D eigenvalue weighted by molar-refractivity contribution is 7.12. The number of aromatic nitrogens is 1. The molecule has 0 spiro atoms. The van der Waals surface area contributed by atoms with Crippen molar-refractivity contribution >= 4 is 22.9 Å². The molecule has 1 N–H and O–H groups in total. The minimum Gasteiger partial charge on any atom is -0.322 e. The summed E-state index contributed by atoms with van der Waals surface area (Å²) >= 11 is 1.45. The van der Waals surface area contributed by atoms with Gasteiger partial charge in [-0.1, -0.05) is 18.2 Å². The molecular formula is C16H14N2OS. The summed E-state index contributed by atoms with van der Waals surface area (Å²) in [6, 6.07) is 13.6. The number of hydrogen-bond donors (Lipinski definition) is 1. The third kappa shape index (κ3) is 2.38. The standard InChI is InChI=1S/C16H14N2OS/c1-12-6-2-3-7-13(12)17-16(19)15-14(8-11-20-15)18-9-4-5-10-18/h2-11H,1H3,(H,17,19). The quantitative estimate of drug-likeness (QED) is 0.771. The Labute approximate surface area is 121 Å². The van der Waals surface area contributed by atoms with Gasteiger partial charge in [-0.15, -0.1) is 11.3 Å². The molecule has 1 amide bonds. The molecule has 1 aromatic carbocycles. The minimum atomic E-state index is -0.0713. The van der Waals surface area contributed by atoms with E-state index in [1.54, 1.807) is 0 Å². The summed E-state index contributed by atoms with van der Waals surface area (Å²) in [5.74, 6) is -0.0713. The van der Waals surface area contributed by atoms with Crippen LogP contribution in [0.4, 0.5) is 5.69 Å². The molecule has 0 atom stereocenters. The van der Waals surface area contributed by atoms with Gasteiger partial charge in [0.05, 0.1) is 5.69 Å². The number of aryl methyl sites for hydroxylation is 1. The molecule has 0 unspecified atom stereocenters. The Morgan fingerprint density at radius 2 is 1.85 bits per heavy atom. The monoisotopic (exact) mass is 282 g/mol. The number of para-hydroxylation sites is 1. The molecule has 0 bridgehead atoms. The van der Waals surface area contributed by atoms with E-state index in [1.165, 1.54) is 11.3 Å². The van der Waals surface area contributed by atoms with Gasteiger partial charge >= 0.3 is 0 Å². The Bertz CT molecular complexity index is 729. The number of rotatable bonds is 3. The van der Waals surface area contributed by atoms with Gasteiger partial charge in [0.1, 0.15) is 4.88 Å². The molecule has 0 fully saturated rings. The second kappa shape index (κ2) is 5.35. The van der Waals surface area contributed by atoms with Gasteiger partial charge in [-0.05, 0) is 42.1 Å². The fourth-order valence-corrected chi connectivity index (χ4v) is 2.85. The summed E-state index contributed by atoms with van der Waals surface area (Å²) in [4.78, 5) is 13.1. The second-order valence-electron chi connectivity index (χ2n) is 4.49. The van der Waals surface area contributed by atoms with Gasteiger partial charge in [0, 0.05) is 18.1 Å². The minimum absolute atomic E-state index is 0.0713. The Morgan fingerprint density at radius 1 is 1.10 bits per heavy atom. The van der Waals surface area contributed by atoms with Gasteiger partial charge in [0.25, 0.3) is 5.91 Å². The number of thiophene rings is 1. The Morgan fingerprint density at radius 3 is 2.60 bits per heavy atom. The Kier molecular flexibility index (Phi) is 3.39. The highest BCUT2D eigenvalue weighted by Gasteiger charge is 2.14. The number of amides is 1. The largest absolute Gasteiger partial charge is 0.322 e. The van der Waals surface area contributed by atoms with Crippen molar-refractivity contribution in [1.82, 2.24) is 4.57 Å². The maximum atomic E-state index is 12.4. The maximum Gasteiger partial charge on any atom is 0.267 e. The van der Waals surface area contributed by atoms with Gasteiger partial charge in [0.2, 0.25) is 0 Å². The zero-order valence-corrected chi connectivity index (χ0v) is 11.9. The van der Waals surface area contributed by atoms with Gasteiger partial charge in [-0.25, -0.2) is 0 Å². The fourth-order valence-electron chi connectivity index (χ4n) is 2.06. The molecule has 20 heavy (non-hydrogen) atoms. The van der Waals surface area contributed by atoms with E-state index in [9.17, 15) is 4.79 Å². The molecular weight excluding hydrogens is 268 g/mol. The predicted octanol–water partition coefficient (Wildman–Crippen LogP) is 4.10. The first kappa shape index (κ1) is 12.7. The Balaban J connectivity index is 1.89. The van der Waals surface area contributed by atoms with Gasteiger partial charge in [-0.2, -0.15) is 0 Å². The molecule has 3 aromatic rings. The van der Waals surface area contributed by atoms with E-state index in [4.69, 9.17) is 0 Å². The maximum absolute atomic E-state index is 12.4. The third-order valence-corrected chi connectivity index (χ3v) is 4.03. The average Bonchev–Trinajstić information content (AvgIpc) is 3.11. The van der Waals surface area contributed by atoms with Gasteiger partial charge in [-0.3, -0.25) is 4.79 Å². The van der Waals surface area contributed by atoms with Crippen molar-refractivity contribution in [2.75, 3.05) is 5.32 Å². The lowest BCUT2D eigenvalue weighted by molar-refractivity contribution is 0.103. The van der Waals surface area contributed by atoms with Crippen LogP contribution in [0.2, 0.25) is 0 Å². The molecule has 2 heterocycles. The lowest BCUT2D eigenvalue weighted by Gasteiger charge is -2.09. The van der Waals surface area contributed by atoms with Crippen LogP contribution in [0.15, 0.2) is 60.2 Å². The third-order valence-electron chi connectivity index (χ3n) is 3.13. The van der Waals surface area contributed by atoms with E-state index in [-0.39, 0.29) is 5.91 Å². The van der Waals surface area contributed by atoms with Gasteiger partial charge in [0.15, 0.2) is 0 Å².